The van der Waals surface area contributed by atoms with Gasteiger partial charge in [-0.3, -0.25) is 9.59 Å². The van der Waals surface area contributed by atoms with E-state index in [1.807, 2.05) is 0 Å². The number of carbonyl (C=O) groups excluding carboxylic acids is 2. The normalized spacial score (nSPS) is 30.5. The van der Waals surface area contributed by atoms with E-state index in [-0.39, 0.29) is 23.9 Å². The fraction of sp³-hybridized carbons (Fsp3) is 0.812. The number of carbonyl (C=O) groups is 3. The van der Waals surface area contributed by atoms with Crippen LogP contribution in [0.2, 0.25) is 0 Å². The molecule has 0 aromatic heterocycles. The Morgan fingerprint density at radius 1 is 1.21 bits per heavy atom. The van der Waals surface area contributed by atoms with Gasteiger partial charge < -0.3 is 26.0 Å². The molecule has 3 amide bonds. The SMILES string of the molecule is CC(=O)N[C@H]1C[C@H](NC(C)C)CC[C@@H]1N1CC[C@H](NC(=O)O)C1=O. The van der Waals surface area contributed by atoms with Gasteiger partial charge in [0.15, 0.2) is 0 Å². The van der Waals surface area contributed by atoms with E-state index in [4.69, 9.17) is 5.11 Å². The van der Waals surface area contributed by atoms with E-state index in [0.29, 0.717) is 25.0 Å². The maximum absolute atomic E-state index is 12.5. The summed E-state index contributed by atoms with van der Waals surface area (Å²) in [7, 11) is 0. The lowest BCUT2D eigenvalue weighted by Crippen LogP contribution is -2.58. The summed E-state index contributed by atoms with van der Waals surface area (Å²) in [5.41, 5.74) is 0. The van der Waals surface area contributed by atoms with Crippen molar-refractivity contribution in [1.82, 2.24) is 20.9 Å². The van der Waals surface area contributed by atoms with Crippen molar-refractivity contribution in [3.63, 3.8) is 0 Å². The molecule has 2 fully saturated rings. The van der Waals surface area contributed by atoms with Gasteiger partial charge in [-0.1, -0.05) is 13.8 Å². The molecule has 4 atom stereocenters. The molecule has 0 aromatic carbocycles. The summed E-state index contributed by atoms with van der Waals surface area (Å²) in [6.07, 6.45) is 1.78. The highest BCUT2D eigenvalue weighted by Crippen LogP contribution is 2.28. The van der Waals surface area contributed by atoms with Crippen molar-refractivity contribution in [2.24, 2.45) is 0 Å². The third-order valence-corrected chi connectivity index (χ3v) is 4.71. The van der Waals surface area contributed by atoms with Crippen molar-refractivity contribution in [1.29, 1.82) is 0 Å². The van der Waals surface area contributed by atoms with Crippen LogP contribution in [0.1, 0.15) is 46.5 Å². The molecular formula is C16H28N4O4. The molecule has 1 aliphatic heterocycles. The minimum Gasteiger partial charge on any atom is -0.465 e. The van der Waals surface area contributed by atoms with Crippen molar-refractivity contribution in [3.05, 3.63) is 0 Å². The van der Waals surface area contributed by atoms with E-state index < -0.39 is 12.1 Å². The number of amides is 3. The van der Waals surface area contributed by atoms with Crippen LogP contribution in [-0.4, -0.2) is 64.7 Å². The van der Waals surface area contributed by atoms with Gasteiger partial charge in [-0.2, -0.15) is 0 Å². The highest BCUT2D eigenvalue weighted by atomic mass is 16.4. The molecule has 2 rings (SSSR count). The predicted molar refractivity (Wildman–Crippen MR) is 88.6 cm³/mol. The van der Waals surface area contributed by atoms with E-state index in [0.717, 1.165) is 19.3 Å². The lowest BCUT2D eigenvalue weighted by molar-refractivity contribution is -0.133. The molecular weight excluding hydrogens is 312 g/mol. The Labute approximate surface area is 142 Å². The average Bonchev–Trinajstić information content (AvgIpc) is 2.79. The Balaban J connectivity index is 2.05. The van der Waals surface area contributed by atoms with Gasteiger partial charge in [0.2, 0.25) is 11.8 Å². The molecule has 1 saturated carbocycles. The van der Waals surface area contributed by atoms with Gasteiger partial charge in [0.25, 0.3) is 0 Å². The van der Waals surface area contributed by atoms with Crippen LogP contribution in [0, 0.1) is 0 Å². The molecule has 0 bridgehead atoms. The third-order valence-electron chi connectivity index (χ3n) is 4.71. The summed E-state index contributed by atoms with van der Waals surface area (Å²) < 4.78 is 0. The van der Waals surface area contributed by atoms with E-state index in [2.05, 4.69) is 29.8 Å². The van der Waals surface area contributed by atoms with Crippen LogP contribution in [0.15, 0.2) is 0 Å². The predicted octanol–water partition coefficient (Wildman–Crippen LogP) is 0.279. The lowest BCUT2D eigenvalue weighted by Gasteiger charge is -2.42. The number of hydrogen-bond acceptors (Lipinski definition) is 4. The Kier molecular flexibility index (Phi) is 6.04. The molecule has 2 aliphatic rings. The average molecular weight is 340 g/mol. The lowest BCUT2D eigenvalue weighted by atomic mass is 9.85. The molecule has 24 heavy (non-hydrogen) atoms. The molecule has 136 valence electrons. The summed E-state index contributed by atoms with van der Waals surface area (Å²) >= 11 is 0. The maximum atomic E-state index is 12.5. The monoisotopic (exact) mass is 340 g/mol. The van der Waals surface area contributed by atoms with E-state index >= 15 is 0 Å². The first kappa shape index (κ1) is 18.5. The van der Waals surface area contributed by atoms with Gasteiger partial charge in [0.1, 0.15) is 6.04 Å². The van der Waals surface area contributed by atoms with Crippen LogP contribution in [0.5, 0.6) is 0 Å². The first-order valence-corrected chi connectivity index (χ1v) is 8.61. The Hall–Kier alpha value is -1.83. The molecule has 8 nitrogen and oxygen atoms in total. The highest BCUT2D eigenvalue weighted by molar-refractivity contribution is 5.87. The van der Waals surface area contributed by atoms with Gasteiger partial charge in [-0.05, 0) is 25.7 Å². The standard InChI is InChI=1S/C16H28N4O4/c1-9(2)17-11-4-5-14(13(8-11)18-10(3)21)20-7-6-12(15(20)22)19-16(23)24/h9,11-14,17,19H,4-8H2,1-3H3,(H,18,21)(H,23,24)/t11-,12+,13+,14+/m1/s1. The van der Waals surface area contributed by atoms with E-state index in [1.165, 1.54) is 6.92 Å². The second-order valence-corrected chi connectivity index (χ2v) is 7.03. The zero-order chi connectivity index (χ0) is 17.9. The van der Waals surface area contributed by atoms with Gasteiger partial charge >= 0.3 is 6.09 Å². The fourth-order valence-electron chi connectivity index (χ4n) is 3.88. The fourth-order valence-corrected chi connectivity index (χ4v) is 3.88. The molecule has 0 unspecified atom stereocenters. The largest absolute Gasteiger partial charge is 0.465 e. The summed E-state index contributed by atoms with van der Waals surface area (Å²) in [5, 5.41) is 17.6. The number of hydrogen-bond donors (Lipinski definition) is 4. The Morgan fingerprint density at radius 2 is 1.92 bits per heavy atom. The van der Waals surface area contributed by atoms with Crippen molar-refractivity contribution < 1.29 is 19.5 Å². The van der Waals surface area contributed by atoms with Gasteiger partial charge in [0, 0.05) is 25.6 Å². The summed E-state index contributed by atoms with van der Waals surface area (Å²) in [4.78, 5) is 36.6. The van der Waals surface area contributed by atoms with Crippen LogP contribution in [0.4, 0.5) is 4.79 Å². The van der Waals surface area contributed by atoms with Crippen LogP contribution in [-0.2, 0) is 9.59 Å². The quantitative estimate of drug-likeness (QED) is 0.574. The van der Waals surface area contributed by atoms with Crippen LogP contribution in [0.3, 0.4) is 0 Å². The highest BCUT2D eigenvalue weighted by Gasteiger charge is 2.42. The molecule has 1 heterocycles. The molecule has 0 radical (unpaired) electrons. The molecule has 1 saturated heterocycles. The third kappa shape index (κ3) is 4.59. The zero-order valence-electron chi connectivity index (χ0n) is 14.5. The van der Waals surface area contributed by atoms with Crippen molar-refractivity contribution in [2.75, 3.05) is 6.54 Å². The Morgan fingerprint density at radius 3 is 2.50 bits per heavy atom. The second-order valence-electron chi connectivity index (χ2n) is 7.03. The van der Waals surface area contributed by atoms with Gasteiger partial charge in [0.05, 0.1) is 12.1 Å². The zero-order valence-corrected chi connectivity index (χ0v) is 14.5. The van der Waals surface area contributed by atoms with E-state index in [1.54, 1.807) is 4.90 Å². The van der Waals surface area contributed by atoms with E-state index in [9.17, 15) is 14.4 Å². The number of likely N-dealkylation sites (tertiary alicyclic amines) is 1. The van der Waals surface area contributed by atoms with Gasteiger partial charge in [-0.15, -0.1) is 0 Å². The molecule has 0 spiro atoms. The van der Waals surface area contributed by atoms with Crippen molar-refractivity contribution >= 4 is 17.9 Å². The molecule has 0 aromatic rings. The van der Waals surface area contributed by atoms with Crippen molar-refractivity contribution in [2.45, 2.75) is 76.7 Å². The van der Waals surface area contributed by atoms with Crippen LogP contribution < -0.4 is 16.0 Å². The van der Waals surface area contributed by atoms with Crippen molar-refractivity contribution in [3.8, 4) is 0 Å². The number of nitrogens with one attached hydrogen (secondary N) is 3. The smallest absolute Gasteiger partial charge is 0.405 e. The molecule has 4 N–H and O–H groups in total. The Bertz CT molecular complexity index is 496. The summed E-state index contributed by atoms with van der Waals surface area (Å²) in [6, 6.07) is -0.190. The second kappa shape index (κ2) is 7.83. The first-order valence-electron chi connectivity index (χ1n) is 8.61. The van der Waals surface area contributed by atoms with Crippen LogP contribution in [0.25, 0.3) is 0 Å². The van der Waals surface area contributed by atoms with Gasteiger partial charge in [-0.25, -0.2) is 4.79 Å². The number of rotatable bonds is 5. The molecule has 8 heteroatoms. The minimum absolute atomic E-state index is 0.0767. The topological polar surface area (TPSA) is 111 Å². The number of nitrogens with zero attached hydrogens (tertiary/aromatic N) is 1. The first-order chi connectivity index (χ1) is 11.3. The maximum Gasteiger partial charge on any atom is 0.405 e. The minimum atomic E-state index is -1.18. The van der Waals surface area contributed by atoms with Crippen LogP contribution >= 0.6 is 0 Å². The molecule has 1 aliphatic carbocycles. The number of carboxylic acid groups (broad SMARTS) is 1. The summed E-state index contributed by atoms with van der Waals surface area (Å²) in [5.74, 6) is -0.296. The summed E-state index contributed by atoms with van der Waals surface area (Å²) in [6.45, 7) is 6.18.